The molecule has 7 N–H and O–H groups in total. The summed E-state index contributed by atoms with van der Waals surface area (Å²) >= 11 is 0. The zero-order valence-electron chi connectivity index (χ0n) is 17.6. The number of hydrogen-bond acceptors (Lipinski definition) is 12. The van der Waals surface area contributed by atoms with Gasteiger partial charge in [0.15, 0.2) is 18.7 Å². The minimum Gasteiger partial charge on any atom is -0.508 e. The smallest absolute Gasteiger partial charge is 0.331 e. The van der Waals surface area contributed by atoms with Gasteiger partial charge in [-0.15, -0.1) is 0 Å². The van der Waals surface area contributed by atoms with Crippen LogP contribution in [0.5, 0.6) is 5.75 Å². The maximum Gasteiger partial charge on any atom is 0.331 e. The Bertz CT molecular complexity index is 814. The molecule has 1 aromatic rings. The number of rotatable bonds is 6. The summed E-state index contributed by atoms with van der Waals surface area (Å²) < 4.78 is 21.3. The number of phenols is 1. The molecule has 33 heavy (non-hydrogen) atoms. The second-order valence-electron chi connectivity index (χ2n) is 7.85. The van der Waals surface area contributed by atoms with Gasteiger partial charge < -0.3 is 54.7 Å². The molecule has 12 heteroatoms. The van der Waals surface area contributed by atoms with Gasteiger partial charge in [-0.1, -0.05) is 12.1 Å². The highest BCUT2D eigenvalue weighted by atomic mass is 16.7. The molecule has 2 fully saturated rings. The Morgan fingerprint density at radius 1 is 0.970 bits per heavy atom. The quantitative estimate of drug-likeness (QED) is 0.172. The molecule has 2 saturated heterocycles. The first-order valence-electron chi connectivity index (χ1n) is 10.3. The van der Waals surface area contributed by atoms with E-state index in [1.54, 1.807) is 12.1 Å². The van der Waals surface area contributed by atoms with Crippen LogP contribution in [0.4, 0.5) is 0 Å². The van der Waals surface area contributed by atoms with Crippen molar-refractivity contribution in [2.24, 2.45) is 0 Å². The van der Waals surface area contributed by atoms with E-state index in [0.29, 0.717) is 5.56 Å². The summed E-state index contributed by atoms with van der Waals surface area (Å²) in [6, 6.07) is 5.94. The molecule has 2 aliphatic rings. The van der Waals surface area contributed by atoms with Crippen molar-refractivity contribution in [3.63, 3.8) is 0 Å². The summed E-state index contributed by atoms with van der Waals surface area (Å²) in [5, 5.41) is 69.4. The molecule has 0 unspecified atom stereocenters. The lowest BCUT2D eigenvalue weighted by Crippen LogP contribution is -2.64. The topological polar surface area (TPSA) is 196 Å². The highest BCUT2D eigenvalue weighted by Crippen LogP contribution is 2.30. The monoisotopic (exact) mass is 472 g/mol. The van der Waals surface area contributed by atoms with Crippen LogP contribution in [-0.2, 0) is 23.7 Å². The van der Waals surface area contributed by atoms with Crippen LogP contribution < -0.4 is 0 Å². The average molecular weight is 472 g/mol. The largest absolute Gasteiger partial charge is 0.508 e. The SMILES string of the molecule is C[C@@H]1O[C@@H](O[C@@H]2[C@@H](O)[C@H](O)O[C@H](CO)[C@H]2OC(=O)/C=C/c2ccc(O)cc2)[C@H](O)[C@H](O)[C@H]1O. The number of carbonyl (C=O) groups excluding carboxylic acids is 1. The van der Waals surface area contributed by atoms with Crippen LogP contribution in [0.2, 0.25) is 0 Å². The van der Waals surface area contributed by atoms with Gasteiger partial charge in [-0.3, -0.25) is 0 Å². The molecule has 0 aliphatic carbocycles. The molecule has 2 aliphatic heterocycles. The molecule has 12 nitrogen and oxygen atoms in total. The number of aliphatic hydroxyl groups excluding tert-OH is 6. The van der Waals surface area contributed by atoms with Crippen LogP contribution in [-0.4, -0.2) is 110 Å². The lowest BCUT2D eigenvalue weighted by Gasteiger charge is -2.45. The fraction of sp³-hybridized carbons (Fsp3) is 0.571. The summed E-state index contributed by atoms with van der Waals surface area (Å²) in [4.78, 5) is 12.4. The Kier molecular flexibility index (Phi) is 8.39. The minimum absolute atomic E-state index is 0.0477. The van der Waals surface area contributed by atoms with Gasteiger partial charge in [-0.25, -0.2) is 4.79 Å². The lowest BCUT2D eigenvalue weighted by atomic mass is 9.97. The van der Waals surface area contributed by atoms with Gasteiger partial charge in [0.2, 0.25) is 0 Å². The molecule has 0 spiro atoms. The van der Waals surface area contributed by atoms with E-state index < -0.39 is 74.0 Å². The van der Waals surface area contributed by atoms with Crippen molar-refractivity contribution < 1.29 is 59.5 Å². The zero-order chi connectivity index (χ0) is 24.3. The van der Waals surface area contributed by atoms with Crippen LogP contribution in [0.25, 0.3) is 6.08 Å². The molecular formula is C21H28O12. The Morgan fingerprint density at radius 3 is 2.27 bits per heavy atom. The van der Waals surface area contributed by atoms with Crippen molar-refractivity contribution in [2.45, 2.75) is 68.3 Å². The van der Waals surface area contributed by atoms with Gasteiger partial charge in [0.05, 0.1) is 12.7 Å². The number of aliphatic hydroxyl groups is 6. The predicted octanol–water partition coefficient (Wildman–Crippen LogP) is -2.40. The molecule has 0 radical (unpaired) electrons. The Hall–Kier alpha value is -2.13. The molecular weight excluding hydrogens is 444 g/mol. The summed E-state index contributed by atoms with van der Waals surface area (Å²) in [7, 11) is 0. The maximum absolute atomic E-state index is 12.4. The maximum atomic E-state index is 12.4. The van der Waals surface area contributed by atoms with E-state index in [1.807, 2.05) is 0 Å². The third kappa shape index (κ3) is 5.87. The fourth-order valence-corrected chi connectivity index (χ4v) is 3.56. The number of esters is 1. The van der Waals surface area contributed by atoms with E-state index in [4.69, 9.17) is 18.9 Å². The van der Waals surface area contributed by atoms with Crippen LogP contribution >= 0.6 is 0 Å². The molecule has 1 aromatic carbocycles. The molecule has 0 aromatic heterocycles. The van der Waals surface area contributed by atoms with Gasteiger partial charge in [0.1, 0.15) is 42.4 Å². The molecule has 0 saturated carbocycles. The second-order valence-corrected chi connectivity index (χ2v) is 7.85. The van der Waals surface area contributed by atoms with Crippen molar-refractivity contribution in [1.29, 1.82) is 0 Å². The van der Waals surface area contributed by atoms with E-state index in [1.165, 1.54) is 25.1 Å². The third-order valence-electron chi connectivity index (χ3n) is 5.47. The second kappa shape index (κ2) is 10.9. The number of aromatic hydroxyl groups is 1. The van der Waals surface area contributed by atoms with E-state index in [9.17, 15) is 40.5 Å². The van der Waals surface area contributed by atoms with Crippen molar-refractivity contribution >= 4 is 12.0 Å². The number of ether oxygens (including phenoxy) is 4. The van der Waals surface area contributed by atoms with Crippen molar-refractivity contribution in [1.82, 2.24) is 0 Å². The zero-order valence-corrected chi connectivity index (χ0v) is 17.6. The van der Waals surface area contributed by atoms with Crippen LogP contribution in [0, 0.1) is 0 Å². The number of benzene rings is 1. The van der Waals surface area contributed by atoms with Crippen LogP contribution in [0.3, 0.4) is 0 Å². The number of phenolic OH excluding ortho intramolecular Hbond substituents is 1. The summed E-state index contributed by atoms with van der Waals surface area (Å²) in [5.41, 5.74) is 0.576. The Morgan fingerprint density at radius 2 is 1.64 bits per heavy atom. The molecule has 10 atom stereocenters. The first kappa shape index (κ1) is 25.5. The van der Waals surface area contributed by atoms with Gasteiger partial charge in [0, 0.05) is 6.08 Å². The standard InChI is InChI=1S/C21H28O12/c1-9-14(25)15(26)16(27)21(30-9)33-19-17(28)20(29)31-12(8-22)18(19)32-13(24)7-4-10-2-5-11(23)6-3-10/h2-7,9,12,14-23,25-29H,8H2,1H3/b7-4+/t9-,12+,14-,15+,16+,17+,18+,19+,20+,21-/m0/s1. The fourth-order valence-electron chi connectivity index (χ4n) is 3.56. The van der Waals surface area contributed by atoms with Crippen molar-refractivity contribution in [2.75, 3.05) is 6.61 Å². The first-order valence-corrected chi connectivity index (χ1v) is 10.3. The molecule has 3 rings (SSSR count). The highest BCUT2D eigenvalue weighted by Gasteiger charge is 2.51. The third-order valence-corrected chi connectivity index (χ3v) is 5.47. The van der Waals surface area contributed by atoms with Crippen LogP contribution in [0.1, 0.15) is 12.5 Å². The lowest BCUT2D eigenvalue weighted by molar-refractivity contribution is -0.352. The molecule has 0 amide bonds. The van der Waals surface area contributed by atoms with Crippen molar-refractivity contribution in [3.8, 4) is 5.75 Å². The molecule has 184 valence electrons. The highest BCUT2D eigenvalue weighted by molar-refractivity contribution is 5.87. The predicted molar refractivity (Wildman–Crippen MR) is 108 cm³/mol. The van der Waals surface area contributed by atoms with E-state index in [-0.39, 0.29) is 5.75 Å². The number of carbonyl (C=O) groups is 1. The summed E-state index contributed by atoms with van der Waals surface area (Å²) in [5.74, 6) is -0.854. The Balaban J connectivity index is 1.76. The summed E-state index contributed by atoms with van der Waals surface area (Å²) in [6.07, 6.45) is -12.7. The molecule has 0 bridgehead atoms. The van der Waals surface area contributed by atoms with E-state index >= 15 is 0 Å². The van der Waals surface area contributed by atoms with E-state index in [2.05, 4.69) is 0 Å². The van der Waals surface area contributed by atoms with Gasteiger partial charge in [-0.2, -0.15) is 0 Å². The summed E-state index contributed by atoms with van der Waals surface area (Å²) in [6.45, 7) is 0.711. The van der Waals surface area contributed by atoms with Crippen LogP contribution in [0.15, 0.2) is 30.3 Å². The normalized spacial score (nSPS) is 39.5. The number of hydrogen-bond donors (Lipinski definition) is 7. The van der Waals surface area contributed by atoms with Gasteiger partial charge in [0.25, 0.3) is 0 Å². The Labute approximate surface area is 188 Å². The average Bonchev–Trinajstić information content (AvgIpc) is 2.79. The van der Waals surface area contributed by atoms with Crippen molar-refractivity contribution in [3.05, 3.63) is 35.9 Å². The van der Waals surface area contributed by atoms with E-state index in [0.717, 1.165) is 6.08 Å². The van der Waals surface area contributed by atoms with Gasteiger partial charge >= 0.3 is 5.97 Å². The van der Waals surface area contributed by atoms with Gasteiger partial charge in [-0.05, 0) is 30.7 Å². The molecule has 2 heterocycles. The minimum atomic E-state index is -1.82. The first-order chi connectivity index (χ1) is 15.6.